The van der Waals surface area contributed by atoms with Gasteiger partial charge in [-0.3, -0.25) is 4.40 Å². The average Bonchev–Trinajstić information content (AvgIpc) is 2.84. The monoisotopic (exact) mass is 274 g/mol. The fraction of sp³-hybridized carbons (Fsp3) is 0.211. The standard InChI is InChI=1S/C19H18N2/c1-19(2,3)14-9-8-13-10-11-21-17-7-5-4-6-16(17)20-18(21)15(13)12-14/h4-12H,1-3H3. The lowest BCUT2D eigenvalue weighted by Gasteiger charge is -2.19. The van der Waals surface area contributed by atoms with E-state index in [2.05, 4.69) is 73.8 Å². The van der Waals surface area contributed by atoms with Gasteiger partial charge in [-0.2, -0.15) is 0 Å². The predicted octanol–water partition coefficient (Wildman–Crippen LogP) is 4.94. The number of nitrogens with zero attached hydrogens (tertiary/aromatic N) is 2. The van der Waals surface area contributed by atoms with E-state index in [1.165, 1.54) is 16.3 Å². The average molecular weight is 274 g/mol. The highest BCUT2D eigenvalue weighted by molar-refractivity contribution is 5.98. The van der Waals surface area contributed by atoms with Crippen LogP contribution in [0.2, 0.25) is 0 Å². The number of hydrogen-bond donors (Lipinski definition) is 0. The van der Waals surface area contributed by atoms with Crippen LogP contribution in [0.15, 0.2) is 54.7 Å². The van der Waals surface area contributed by atoms with Crippen molar-refractivity contribution >= 4 is 27.5 Å². The molecule has 2 nitrogen and oxygen atoms in total. The van der Waals surface area contributed by atoms with Crippen LogP contribution in [-0.2, 0) is 5.41 Å². The SMILES string of the molecule is CC(C)(C)c1ccc2ccn3c4ccccc4nc3c2c1. The van der Waals surface area contributed by atoms with Crippen molar-refractivity contribution < 1.29 is 0 Å². The second kappa shape index (κ2) is 4.08. The van der Waals surface area contributed by atoms with Crippen LogP contribution in [0, 0.1) is 0 Å². The lowest BCUT2D eigenvalue weighted by molar-refractivity contribution is 0.591. The van der Waals surface area contributed by atoms with Gasteiger partial charge >= 0.3 is 0 Å². The number of pyridine rings is 1. The van der Waals surface area contributed by atoms with E-state index in [-0.39, 0.29) is 5.41 Å². The molecular weight excluding hydrogens is 256 g/mol. The van der Waals surface area contributed by atoms with Crippen molar-refractivity contribution in [2.24, 2.45) is 0 Å². The Morgan fingerprint density at radius 2 is 1.76 bits per heavy atom. The molecule has 21 heavy (non-hydrogen) atoms. The quantitative estimate of drug-likeness (QED) is 0.444. The maximum absolute atomic E-state index is 4.83. The number of benzene rings is 2. The van der Waals surface area contributed by atoms with Crippen LogP contribution in [-0.4, -0.2) is 9.38 Å². The molecular formula is C19H18N2. The molecule has 0 saturated heterocycles. The van der Waals surface area contributed by atoms with E-state index in [0.717, 1.165) is 16.7 Å². The molecule has 0 aliphatic carbocycles. The van der Waals surface area contributed by atoms with Gasteiger partial charge in [-0.1, -0.05) is 45.0 Å². The smallest absolute Gasteiger partial charge is 0.145 e. The third-order valence-corrected chi connectivity index (χ3v) is 4.16. The topological polar surface area (TPSA) is 17.3 Å². The van der Waals surface area contributed by atoms with Crippen molar-refractivity contribution in [3.8, 4) is 0 Å². The first kappa shape index (κ1) is 12.4. The first-order valence-electron chi connectivity index (χ1n) is 7.34. The largest absolute Gasteiger partial charge is 0.299 e. The first-order valence-corrected chi connectivity index (χ1v) is 7.34. The van der Waals surface area contributed by atoms with E-state index in [1.807, 2.05) is 6.07 Å². The first-order chi connectivity index (χ1) is 10.0. The number of para-hydroxylation sites is 2. The summed E-state index contributed by atoms with van der Waals surface area (Å²) in [6.45, 7) is 6.74. The van der Waals surface area contributed by atoms with E-state index >= 15 is 0 Å². The molecule has 0 aliphatic rings. The van der Waals surface area contributed by atoms with E-state index < -0.39 is 0 Å². The Bertz CT molecular complexity index is 971. The minimum absolute atomic E-state index is 0.146. The molecule has 0 unspecified atom stereocenters. The lowest BCUT2D eigenvalue weighted by Crippen LogP contribution is -2.10. The molecule has 0 spiro atoms. The number of rotatable bonds is 0. The van der Waals surface area contributed by atoms with Gasteiger partial charge in [0.05, 0.1) is 11.0 Å². The van der Waals surface area contributed by atoms with Gasteiger partial charge in [-0.05, 0) is 40.6 Å². The third kappa shape index (κ3) is 1.83. The molecule has 4 rings (SSSR count). The van der Waals surface area contributed by atoms with Gasteiger partial charge < -0.3 is 0 Å². The molecule has 0 bridgehead atoms. The van der Waals surface area contributed by atoms with Crippen molar-refractivity contribution in [3.05, 3.63) is 60.3 Å². The Kier molecular flexibility index (Phi) is 2.41. The van der Waals surface area contributed by atoms with Crippen molar-refractivity contribution in [1.82, 2.24) is 9.38 Å². The third-order valence-electron chi connectivity index (χ3n) is 4.16. The summed E-state index contributed by atoms with van der Waals surface area (Å²) in [4.78, 5) is 4.83. The van der Waals surface area contributed by atoms with Crippen LogP contribution in [0.3, 0.4) is 0 Å². The zero-order valence-electron chi connectivity index (χ0n) is 12.6. The Balaban J connectivity index is 2.16. The number of hydrogen-bond acceptors (Lipinski definition) is 1. The fourth-order valence-corrected chi connectivity index (χ4v) is 2.90. The van der Waals surface area contributed by atoms with Gasteiger partial charge in [0, 0.05) is 11.6 Å². The molecule has 4 aromatic rings. The molecule has 0 N–H and O–H groups in total. The van der Waals surface area contributed by atoms with Gasteiger partial charge in [-0.25, -0.2) is 4.98 Å². The summed E-state index contributed by atoms with van der Waals surface area (Å²) in [5, 5.41) is 2.46. The molecule has 2 heteroatoms. The highest BCUT2D eigenvalue weighted by Crippen LogP contribution is 2.29. The zero-order valence-corrected chi connectivity index (χ0v) is 12.6. The van der Waals surface area contributed by atoms with Crippen LogP contribution in [0.1, 0.15) is 26.3 Å². The molecule has 104 valence electrons. The Hall–Kier alpha value is -2.35. The van der Waals surface area contributed by atoms with E-state index in [4.69, 9.17) is 4.98 Å². The molecule has 0 fully saturated rings. The van der Waals surface area contributed by atoms with Gasteiger partial charge in [0.25, 0.3) is 0 Å². The summed E-state index contributed by atoms with van der Waals surface area (Å²) < 4.78 is 2.18. The lowest BCUT2D eigenvalue weighted by atomic mass is 9.86. The summed E-state index contributed by atoms with van der Waals surface area (Å²) in [5.74, 6) is 0. The van der Waals surface area contributed by atoms with Crippen molar-refractivity contribution in [3.63, 3.8) is 0 Å². The normalized spacial score (nSPS) is 12.5. The van der Waals surface area contributed by atoms with Crippen LogP contribution in [0.4, 0.5) is 0 Å². The summed E-state index contributed by atoms with van der Waals surface area (Å²) in [7, 11) is 0. The minimum atomic E-state index is 0.146. The summed E-state index contributed by atoms with van der Waals surface area (Å²) in [6.07, 6.45) is 2.11. The van der Waals surface area contributed by atoms with Crippen molar-refractivity contribution in [1.29, 1.82) is 0 Å². The molecule has 0 amide bonds. The molecule has 2 aromatic heterocycles. The van der Waals surface area contributed by atoms with Gasteiger partial charge in [-0.15, -0.1) is 0 Å². The maximum Gasteiger partial charge on any atom is 0.145 e. The van der Waals surface area contributed by atoms with Crippen LogP contribution < -0.4 is 0 Å². The summed E-state index contributed by atoms with van der Waals surface area (Å²) >= 11 is 0. The van der Waals surface area contributed by atoms with Crippen LogP contribution >= 0.6 is 0 Å². The second-order valence-electron chi connectivity index (χ2n) is 6.66. The molecule has 0 aliphatic heterocycles. The molecule has 0 saturated carbocycles. The molecule has 0 radical (unpaired) electrons. The van der Waals surface area contributed by atoms with Crippen molar-refractivity contribution in [2.45, 2.75) is 26.2 Å². The highest BCUT2D eigenvalue weighted by Gasteiger charge is 2.15. The molecule has 2 heterocycles. The second-order valence-corrected chi connectivity index (χ2v) is 6.66. The Morgan fingerprint density at radius 3 is 2.57 bits per heavy atom. The van der Waals surface area contributed by atoms with E-state index in [9.17, 15) is 0 Å². The van der Waals surface area contributed by atoms with Gasteiger partial charge in [0.15, 0.2) is 0 Å². The van der Waals surface area contributed by atoms with Crippen molar-refractivity contribution in [2.75, 3.05) is 0 Å². The maximum atomic E-state index is 4.83. The highest BCUT2D eigenvalue weighted by atomic mass is 15.0. The summed E-state index contributed by atoms with van der Waals surface area (Å²) in [6, 6.07) is 17.2. The number of aromatic nitrogens is 2. The minimum Gasteiger partial charge on any atom is -0.299 e. The number of imidazole rings is 1. The van der Waals surface area contributed by atoms with Crippen LogP contribution in [0.25, 0.3) is 27.5 Å². The van der Waals surface area contributed by atoms with Gasteiger partial charge in [0.2, 0.25) is 0 Å². The van der Waals surface area contributed by atoms with Gasteiger partial charge in [0.1, 0.15) is 5.65 Å². The zero-order chi connectivity index (χ0) is 14.6. The predicted molar refractivity (Wildman–Crippen MR) is 88.9 cm³/mol. The fourth-order valence-electron chi connectivity index (χ4n) is 2.90. The number of fused-ring (bicyclic) bond motifs is 5. The van der Waals surface area contributed by atoms with Crippen LogP contribution in [0.5, 0.6) is 0 Å². The Labute approximate surface area is 124 Å². The molecule has 0 atom stereocenters. The van der Waals surface area contributed by atoms with E-state index in [0.29, 0.717) is 0 Å². The Morgan fingerprint density at radius 1 is 0.952 bits per heavy atom. The summed E-state index contributed by atoms with van der Waals surface area (Å²) in [5.41, 5.74) is 4.74. The molecule has 2 aromatic carbocycles. The van der Waals surface area contributed by atoms with E-state index in [1.54, 1.807) is 0 Å².